The Kier molecular flexibility index (Phi) is 4.75. The normalized spacial score (nSPS) is 16.5. The average molecular weight is 431 g/mol. The number of rotatable bonds is 3. The molecule has 31 heavy (non-hydrogen) atoms. The van der Waals surface area contributed by atoms with Crippen LogP contribution in [-0.4, -0.2) is 49.9 Å². The molecule has 0 spiro atoms. The Bertz CT molecular complexity index is 1180. The number of alkyl halides is 2. The van der Waals surface area contributed by atoms with Gasteiger partial charge in [-0.25, -0.2) is 22.7 Å². The number of carbonyl (C=O) groups is 2. The lowest BCUT2D eigenvalue weighted by Gasteiger charge is -2.40. The number of hydrogen-bond acceptors (Lipinski definition) is 4. The highest BCUT2D eigenvalue weighted by Crippen LogP contribution is 2.33. The Morgan fingerprint density at radius 3 is 2.55 bits per heavy atom. The van der Waals surface area contributed by atoms with Crippen LogP contribution in [0.15, 0.2) is 36.5 Å². The van der Waals surface area contributed by atoms with Crippen molar-refractivity contribution in [1.29, 1.82) is 0 Å². The first-order valence-corrected chi connectivity index (χ1v) is 9.63. The molecule has 10 heteroatoms. The number of benzene rings is 1. The quantitative estimate of drug-likeness (QED) is 0.692. The van der Waals surface area contributed by atoms with Gasteiger partial charge in [0.15, 0.2) is 5.65 Å². The average Bonchev–Trinajstić information content (AvgIpc) is 3.12. The number of halogens is 3. The number of carbonyl (C=O) groups excluding carboxylic acids is 2. The predicted molar refractivity (Wildman–Crippen MR) is 106 cm³/mol. The molecule has 1 aliphatic heterocycles. The predicted octanol–water partition coefficient (Wildman–Crippen LogP) is 3.00. The first-order valence-electron chi connectivity index (χ1n) is 9.63. The van der Waals surface area contributed by atoms with Gasteiger partial charge in [-0.15, -0.1) is 0 Å². The van der Waals surface area contributed by atoms with Crippen LogP contribution in [-0.2, 0) is 10.7 Å². The van der Waals surface area contributed by atoms with Gasteiger partial charge in [0, 0.05) is 25.6 Å². The van der Waals surface area contributed by atoms with Crippen LogP contribution in [0.5, 0.6) is 0 Å². The standard InChI is InChI=1S/C21H20F3N5O2/c1-20(2)19(31)25-8-9-28(20)18(30)16-11-29-17(26-16)14(21(3,23)24)10-15(27-29)12-4-6-13(22)7-5-12/h4-7,10-11H,8-9H2,1-3H3,(H,25,31). The van der Waals surface area contributed by atoms with Crippen molar-refractivity contribution in [1.82, 2.24) is 24.8 Å². The number of piperazine rings is 1. The van der Waals surface area contributed by atoms with Crippen molar-refractivity contribution in [2.75, 3.05) is 13.1 Å². The highest BCUT2D eigenvalue weighted by atomic mass is 19.3. The number of imidazole rings is 1. The summed E-state index contributed by atoms with van der Waals surface area (Å²) >= 11 is 0. The molecule has 0 atom stereocenters. The third-order valence-electron chi connectivity index (χ3n) is 5.35. The Balaban J connectivity index is 1.83. The monoisotopic (exact) mass is 431 g/mol. The fourth-order valence-electron chi connectivity index (χ4n) is 3.56. The van der Waals surface area contributed by atoms with Gasteiger partial charge >= 0.3 is 0 Å². The SMILES string of the molecule is CC(F)(F)c1cc(-c2ccc(F)cc2)nn2cc(C(=O)N3CCNC(=O)C3(C)C)nc12. The lowest BCUT2D eigenvalue weighted by atomic mass is 9.98. The molecular formula is C21H20F3N5O2. The van der Waals surface area contributed by atoms with Gasteiger partial charge in [-0.1, -0.05) is 0 Å². The van der Waals surface area contributed by atoms with Crippen LogP contribution in [0.1, 0.15) is 36.8 Å². The van der Waals surface area contributed by atoms with E-state index in [-0.39, 0.29) is 36.0 Å². The molecule has 0 aliphatic carbocycles. The summed E-state index contributed by atoms with van der Waals surface area (Å²) in [4.78, 5) is 30.8. The van der Waals surface area contributed by atoms with Crippen LogP contribution in [0.4, 0.5) is 13.2 Å². The number of nitrogens with zero attached hydrogens (tertiary/aromatic N) is 4. The minimum atomic E-state index is -3.27. The van der Waals surface area contributed by atoms with E-state index in [0.29, 0.717) is 5.56 Å². The molecular weight excluding hydrogens is 411 g/mol. The summed E-state index contributed by atoms with van der Waals surface area (Å²) in [6.07, 6.45) is 1.27. The van der Waals surface area contributed by atoms with Gasteiger partial charge < -0.3 is 10.2 Å². The van der Waals surface area contributed by atoms with E-state index in [1.807, 2.05) is 0 Å². The molecule has 3 heterocycles. The minimum Gasteiger partial charge on any atom is -0.352 e. The number of amides is 2. The minimum absolute atomic E-state index is 0.1000. The van der Waals surface area contributed by atoms with Gasteiger partial charge in [0.1, 0.15) is 17.1 Å². The van der Waals surface area contributed by atoms with Crippen molar-refractivity contribution < 1.29 is 22.8 Å². The third kappa shape index (κ3) is 3.62. The third-order valence-corrected chi connectivity index (χ3v) is 5.35. The summed E-state index contributed by atoms with van der Waals surface area (Å²) < 4.78 is 43.2. The maximum Gasteiger partial charge on any atom is 0.275 e. The van der Waals surface area contributed by atoms with E-state index in [0.717, 1.165) is 11.4 Å². The molecule has 2 aromatic heterocycles. The van der Waals surface area contributed by atoms with Gasteiger partial charge in [-0.2, -0.15) is 5.10 Å². The van der Waals surface area contributed by atoms with Crippen LogP contribution in [0.25, 0.3) is 16.9 Å². The zero-order valence-electron chi connectivity index (χ0n) is 17.1. The molecule has 1 aromatic carbocycles. The van der Waals surface area contributed by atoms with E-state index >= 15 is 0 Å². The molecule has 1 saturated heterocycles. The molecule has 0 bridgehead atoms. The first kappa shape index (κ1) is 20.8. The number of hydrogen-bond donors (Lipinski definition) is 1. The molecule has 0 saturated carbocycles. The summed E-state index contributed by atoms with van der Waals surface area (Å²) in [5.41, 5.74) is -1.19. The van der Waals surface area contributed by atoms with Gasteiger partial charge in [-0.05, 0) is 44.2 Å². The number of nitrogens with one attached hydrogen (secondary N) is 1. The number of aromatic nitrogens is 3. The van der Waals surface area contributed by atoms with Crippen molar-refractivity contribution in [3.05, 3.63) is 53.6 Å². The van der Waals surface area contributed by atoms with E-state index < -0.39 is 28.7 Å². The maximum atomic E-state index is 14.4. The van der Waals surface area contributed by atoms with Gasteiger partial charge in [-0.3, -0.25) is 9.59 Å². The summed E-state index contributed by atoms with van der Waals surface area (Å²) in [6, 6.07) is 6.45. The Morgan fingerprint density at radius 2 is 1.90 bits per heavy atom. The molecule has 0 radical (unpaired) electrons. The molecule has 162 valence electrons. The highest BCUT2D eigenvalue weighted by Gasteiger charge is 2.41. The summed E-state index contributed by atoms with van der Waals surface area (Å²) in [6.45, 7) is 4.48. The van der Waals surface area contributed by atoms with E-state index in [4.69, 9.17) is 0 Å². The Morgan fingerprint density at radius 1 is 1.23 bits per heavy atom. The summed E-state index contributed by atoms with van der Waals surface area (Å²) in [7, 11) is 0. The molecule has 2 amide bonds. The summed E-state index contributed by atoms with van der Waals surface area (Å²) in [5, 5.41) is 6.99. The zero-order chi connectivity index (χ0) is 22.6. The summed E-state index contributed by atoms with van der Waals surface area (Å²) in [5.74, 6) is -4.60. The molecule has 3 aromatic rings. The van der Waals surface area contributed by atoms with E-state index in [1.54, 1.807) is 13.8 Å². The maximum absolute atomic E-state index is 14.4. The van der Waals surface area contributed by atoms with E-state index in [1.165, 1.54) is 41.4 Å². The Labute approximate surface area is 175 Å². The molecule has 1 N–H and O–H groups in total. The molecule has 1 fully saturated rings. The lowest BCUT2D eigenvalue weighted by Crippen LogP contribution is -2.63. The first-order chi connectivity index (χ1) is 14.5. The van der Waals surface area contributed by atoms with Crippen molar-refractivity contribution in [3.63, 3.8) is 0 Å². The molecule has 1 aliphatic rings. The fourth-order valence-corrected chi connectivity index (χ4v) is 3.56. The second-order valence-corrected chi connectivity index (χ2v) is 8.00. The van der Waals surface area contributed by atoms with Crippen LogP contribution < -0.4 is 5.32 Å². The van der Waals surface area contributed by atoms with E-state index in [2.05, 4.69) is 15.4 Å². The van der Waals surface area contributed by atoms with Gasteiger partial charge in [0.25, 0.3) is 11.8 Å². The zero-order valence-corrected chi connectivity index (χ0v) is 17.1. The van der Waals surface area contributed by atoms with Crippen LogP contribution >= 0.6 is 0 Å². The van der Waals surface area contributed by atoms with Crippen molar-refractivity contribution in [2.24, 2.45) is 0 Å². The van der Waals surface area contributed by atoms with Crippen LogP contribution in [0.2, 0.25) is 0 Å². The molecule has 7 nitrogen and oxygen atoms in total. The van der Waals surface area contributed by atoms with Crippen LogP contribution in [0.3, 0.4) is 0 Å². The number of fused-ring (bicyclic) bond motifs is 1. The smallest absolute Gasteiger partial charge is 0.275 e. The molecule has 0 unspecified atom stereocenters. The topological polar surface area (TPSA) is 79.6 Å². The van der Waals surface area contributed by atoms with Gasteiger partial charge in [0.2, 0.25) is 5.91 Å². The Hall–Kier alpha value is -3.43. The van der Waals surface area contributed by atoms with Crippen molar-refractivity contribution >= 4 is 17.5 Å². The van der Waals surface area contributed by atoms with Crippen molar-refractivity contribution in [2.45, 2.75) is 32.2 Å². The highest BCUT2D eigenvalue weighted by molar-refractivity contribution is 5.99. The second-order valence-electron chi connectivity index (χ2n) is 8.00. The molecule has 4 rings (SSSR count). The lowest BCUT2D eigenvalue weighted by molar-refractivity contribution is -0.133. The van der Waals surface area contributed by atoms with Crippen LogP contribution in [0, 0.1) is 5.82 Å². The van der Waals surface area contributed by atoms with Gasteiger partial charge in [0.05, 0.1) is 17.5 Å². The largest absolute Gasteiger partial charge is 0.352 e. The van der Waals surface area contributed by atoms with Crippen molar-refractivity contribution in [3.8, 4) is 11.3 Å². The van der Waals surface area contributed by atoms with E-state index in [9.17, 15) is 22.8 Å². The fraction of sp³-hybridized carbons (Fsp3) is 0.333. The second kappa shape index (κ2) is 7.07.